The van der Waals surface area contributed by atoms with Crippen molar-refractivity contribution in [1.82, 2.24) is 4.90 Å². The molecule has 1 fully saturated rings. The van der Waals surface area contributed by atoms with Crippen molar-refractivity contribution in [3.63, 3.8) is 0 Å². The van der Waals surface area contributed by atoms with Crippen molar-refractivity contribution in [1.29, 1.82) is 0 Å². The minimum absolute atomic E-state index is 0.274. The molecule has 88 valence electrons. The molecule has 0 aromatic heterocycles. The van der Waals surface area contributed by atoms with Gasteiger partial charge in [-0.25, -0.2) is 0 Å². The number of hydrogen-bond acceptors (Lipinski definition) is 3. The van der Waals surface area contributed by atoms with Crippen molar-refractivity contribution in [2.75, 3.05) is 26.2 Å². The molecule has 1 saturated heterocycles. The fourth-order valence-corrected chi connectivity index (χ4v) is 2.04. The largest absolute Gasteiger partial charge is 0.481 e. The van der Waals surface area contributed by atoms with Gasteiger partial charge >= 0.3 is 5.97 Å². The zero-order valence-corrected chi connectivity index (χ0v) is 9.45. The molecule has 1 heterocycles. The Bertz CT molecular complexity index is 194. The van der Waals surface area contributed by atoms with E-state index in [0.29, 0.717) is 6.10 Å². The Morgan fingerprint density at radius 3 is 3.07 bits per heavy atom. The molecule has 0 aromatic rings. The first-order valence-electron chi connectivity index (χ1n) is 5.78. The summed E-state index contributed by atoms with van der Waals surface area (Å²) in [4.78, 5) is 12.7. The third kappa shape index (κ3) is 5.14. The number of carbonyl (C=O) groups is 1. The smallest absolute Gasteiger partial charge is 0.303 e. The van der Waals surface area contributed by atoms with Gasteiger partial charge in [-0.1, -0.05) is 0 Å². The molecular weight excluding hydrogens is 194 g/mol. The zero-order chi connectivity index (χ0) is 11.1. The number of aliphatic carboxylic acids is 1. The average molecular weight is 215 g/mol. The third-order valence-electron chi connectivity index (χ3n) is 2.73. The molecule has 1 aliphatic rings. The predicted octanol–water partition coefficient (Wildman–Crippen LogP) is 1.35. The van der Waals surface area contributed by atoms with E-state index in [-0.39, 0.29) is 6.42 Å². The maximum atomic E-state index is 10.4. The first kappa shape index (κ1) is 12.5. The van der Waals surface area contributed by atoms with Gasteiger partial charge in [-0.3, -0.25) is 4.79 Å². The number of hydrogen-bond donors (Lipinski definition) is 1. The van der Waals surface area contributed by atoms with Crippen LogP contribution in [0.4, 0.5) is 0 Å². The van der Waals surface area contributed by atoms with Crippen molar-refractivity contribution < 1.29 is 14.6 Å². The quantitative estimate of drug-likeness (QED) is 0.726. The zero-order valence-electron chi connectivity index (χ0n) is 9.45. The fourth-order valence-electron chi connectivity index (χ4n) is 2.04. The SMILES string of the molecule is CCOC1CCCN(CCCC(=O)O)C1. The van der Waals surface area contributed by atoms with E-state index in [1.807, 2.05) is 6.92 Å². The van der Waals surface area contributed by atoms with Crippen LogP contribution in [0.1, 0.15) is 32.6 Å². The molecule has 0 spiro atoms. The molecule has 4 nitrogen and oxygen atoms in total. The summed E-state index contributed by atoms with van der Waals surface area (Å²) in [7, 11) is 0. The summed E-state index contributed by atoms with van der Waals surface area (Å²) >= 11 is 0. The minimum atomic E-state index is -0.701. The summed E-state index contributed by atoms with van der Waals surface area (Å²) in [6.45, 7) is 5.73. The highest BCUT2D eigenvalue weighted by molar-refractivity contribution is 5.66. The van der Waals surface area contributed by atoms with E-state index < -0.39 is 5.97 Å². The Hall–Kier alpha value is -0.610. The van der Waals surface area contributed by atoms with Gasteiger partial charge in [0.1, 0.15) is 0 Å². The van der Waals surface area contributed by atoms with E-state index in [1.54, 1.807) is 0 Å². The van der Waals surface area contributed by atoms with Crippen LogP contribution in [-0.4, -0.2) is 48.3 Å². The highest BCUT2D eigenvalue weighted by atomic mass is 16.5. The van der Waals surface area contributed by atoms with E-state index in [2.05, 4.69) is 4.90 Å². The predicted molar refractivity (Wildman–Crippen MR) is 58.0 cm³/mol. The lowest BCUT2D eigenvalue weighted by Gasteiger charge is -2.32. The molecule has 0 bridgehead atoms. The van der Waals surface area contributed by atoms with Crippen molar-refractivity contribution in [3.8, 4) is 0 Å². The highest BCUT2D eigenvalue weighted by Crippen LogP contribution is 2.13. The summed E-state index contributed by atoms with van der Waals surface area (Å²) in [5, 5.41) is 8.54. The molecule has 1 N–H and O–H groups in total. The third-order valence-corrected chi connectivity index (χ3v) is 2.73. The van der Waals surface area contributed by atoms with E-state index in [4.69, 9.17) is 9.84 Å². The molecular formula is C11H21NO3. The Morgan fingerprint density at radius 1 is 1.60 bits per heavy atom. The molecule has 0 amide bonds. The number of likely N-dealkylation sites (tertiary alicyclic amines) is 1. The lowest BCUT2D eigenvalue weighted by molar-refractivity contribution is -0.137. The first-order valence-corrected chi connectivity index (χ1v) is 5.78. The lowest BCUT2D eigenvalue weighted by Crippen LogP contribution is -2.40. The Labute approximate surface area is 91.2 Å². The van der Waals surface area contributed by atoms with Crippen LogP contribution in [0.3, 0.4) is 0 Å². The highest BCUT2D eigenvalue weighted by Gasteiger charge is 2.19. The standard InChI is InChI=1S/C11H21NO3/c1-2-15-10-5-3-7-12(9-10)8-4-6-11(13)14/h10H,2-9H2,1H3,(H,13,14). The molecule has 0 saturated carbocycles. The van der Waals surface area contributed by atoms with E-state index in [9.17, 15) is 4.79 Å². The average Bonchev–Trinajstić information content (AvgIpc) is 2.18. The number of carboxylic acids is 1. The van der Waals surface area contributed by atoms with Crippen molar-refractivity contribution in [2.45, 2.75) is 38.7 Å². The van der Waals surface area contributed by atoms with Crippen molar-refractivity contribution >= 4 is 5.97 Å². The van der Waals surface area contributed by atoms with Gasteiger partial charge < -0.3 is 14.7 Å². The monoisotopic (exact) mass is 215 g/mol. The van der Waals surface area contributed by atoms with Gasteiger partial charge in [0, 0.05) is 19.6 Å². The van der Waals surface area contributed by atoms with Gasteiger partial charge in [-0.15, -0.1) is 0 Å². The summed E-state index contributed by atoms with van der Waals surface area (Å²) in [6, 6.07) is 0. The Balaban J connectivity index is 2.15. The maximum Gasteiger partial charge on any atom is 0.303 e. The van der Waals surface area contributed by atoms with Gasteiger partial charge in [0.05, 0.1) is 6.10 Å². The fraction of sp³-hybridized carbons (Fsp3) is 0.909. The summed E-state index contributed by atoms with van der Waals surface area (Å²) in [5.74, 6) is -0.701. The van der Waals surface area contributed by atoms with Crippen LogP contribution in [0.15, 0.2) is 0 Å². The topological polar surface area (TPSA) is 49.8 Å². The summed E-state index contributed by atoms with van der Waals surface area (Å²) < 4.78 is 5.58. The number of rotatable bonds is 6. The Morgan fingerprint density at radius 2 is 2.40 bits per heavy atom. The number of piperidine rings is 1. The van der Waals surface area contributed by atoms with Gasteiger partial charge in [0.25, 0.3) is 0 Å². The first-order chi connectivity index (χ1) is 7.22. The minimum Gasteiger partial charge on any atom is -0.481 e. The van der Waals surface area contributed by atoms with Gasteiger partial charge in [-0.2, -0.15) is 0 Å². The Kier molecular flexibility index (Phi) is 5.65. The normalized spacial score (nSPS) is 22.9. The van der Waals surface area contributed by atoms with Crippen LogP contribution >= 0.6 is 0 Å². The van der Waals surface area contributed by atoms with Crippen LogP contribution in [0.25, 0.3) is 0 Å². The van der Waals surface area contributed by atoms with Gasteiger partial charge in [-0.05, 0) is 39.3 Å². The lowest BCUT2D eigenvalue weighted by atomic mass is 10.1. The van der Waals surface area contributed by atoms with Crippen LogP contribution in [0.5, 0.6) is 0 Å². The van der Waals surface area contributed by atoms with E-state index >= 15 is 0 Å². The van der Waals surface area contributed by atoms with Crippen LogP contribution < -0.4 is 0 Å². The molecule has 1 atom stereocenters. The second-order valence-corrected chi connectivity index (χ2v) is 4.02. The van der Waals surface area contributed by atoms with Crippen LogP contribution in [0, 0.1) is 0 Å². The van der Waals surface area contributed by atoms with E-state index in [1.165, 1.54) is 0 Å². The van der Waals surface area contributed by atoms with Crippen LogP contribution in [0.2, 0.25) is 0 Å². The number of carboxylic acid groups (broad SMARTS) is 1. The van der Waals surface area contributed by atoms with E-state index in [0.717, 1.165) is 45.5 Å². The molecule has 1 unspecified atom stereocenters. The molecule has 1 rings (SSSR count). The molecule has 15 heavy (non-hydrogen) atoms. The number of ether oxygens (including phenoxy) is 1. The molecule has 0 aliphatic carbocycles. The summed E-state index contributed by atoms with van der Waals surface area (Å²) in [6.07, 6.45) is 3.68. The van der Waals surface area contributed by atoms with Crippen molar-refractivity contribution in [3.05, 3.63) is 0 Å². The van der Waals surface area contributed by atoms with Gasteiger partial charge in [0.15, 0.2) is 0 Å². The second kappa shape index (κ2) is 6.80. The summed E-state index contributed by atoms with van der Waals surface area (Å²) in [5.41, 5.74) is 0. The maximum absolute atomic E-state index is 10.4. The van der Waals surface area contributed by atoms with Gasteiger partial charge in [0.2, 0.25) is 0 Å². The second-order valence-electron chi connectivity index (χ2n) is 4.02. The number of nitrogens with zero attached hydrogens (tertiary/aromatic N) is 1. The molecule has 0 aromatic carbocycles. The molecule has 4 heteroatoms. The van der Waals surface area contributed by atoms with Crippen molar-refractivity contribution in [2.24, 2.45) is 0 Å². The van der Waals surface area contributed by atoms with Crippen LogP contribution in [-0.2, 0) is 9.53 Å². The molecule has 0 radical (unpaired) electrons. The molecule has 1 aliphatic heterocycles.